The predicted octanol–water partition coefficient (Wildman–Crippen LogP) is 0.769. The van der Waals surface area contributed by atoms with Crippen LogP contribution in [-0.4, -0.2) is 25.9 Å². The van der Waals surface area contributed by atoms with Crippen molar-refractivity contribution < 1.29 is 4.79 Å². The second kappa shape index (κ2) is 4.28. The molecule has 0 bridgehead atoms. The molecule has 0 aliphatic heterocycles. The number of hydrogen-bond donors (Lipinski definition) is 3. The molecule has 1 amide bonds. The summed E-state index contributed by atoms with van der Waals surface area (Å²) in [5.74, 6) is -0.286. The average Bonchev–Trinajstić information content (AvgIpc) is 2.88. The topological polar surface area (TPSA) is 102 Å². The molecule has 0 atom stereocenters. The number of anilines is 2. The zero-order chi connectivity index (χ0) is 12.4. The van der Waals surface area contributed by atoms with Gasteiger partial charge < -0.3 is 11.1 Å². The molecule has 0 aromatic carbocycles. The van der Waals surface area contributed by atoms with Gasteiger partial charge in [0.1, 0.15) is 5.69 Å². The third-order valence-electron chi connectivity index (χ3n) is 2.44. The minimum Gasteiger partial charge on any atom is -0.395 e. The minimum atomic E-state index is -0.286. The summed E-state index contributed by atoms with van der Waals surface area (Å²) in [5, 5.41) is 13.2. The van der Waals surface area contributed by atoms with Crippen molar-refractivity contribution in [3.63, 3.8) is 0 Å². The van der Waals surface area contributed by atoms with Gasteiger partial charge in [-0.2, -0.15) is 10.2 Å². The van der Waals surface area contributed by atoms with E-state index in [4.69, 9.17) is 5.73 Å². The summed E-state index contributed by atoms with van der Waals surface area (Å²) in [6, 6.07) is 0. The Morgan fingerprint density at radius 1 is 1.65 bits per heavy atom. The summed E-state index contributed by atoms with van der Waals surface area (Å²) >= 11 is 0. The van der Waals surface area contributed by atoms with E-state index < -0.39 is 0 Å². The summed E-state index contributed by atoms with van der Waals surface area (Å²) in [7, 11) is 0. The number of H-pyrrole nitrogens is 1. The fourth-order valence-electron chi connectivity index (χ4n) is 1.57. The van der Waals surface area contributed by atoms with Crippen LogP contribution < -0.4 is 11.1 Å². The van der Waals surface area contributed by atoms with E-state index in [1.54, 1.807) is 17.8 Å². The predicted molar refractivity (Wildman–Crippen MR) is 63.6 cm³/mol. The van der Waals surface area contributed by atoms with Crippen molar-refractivity contribution in [1.82, 2.24) is 20.0 Å². The first kappa shape index (κ1) is 11.2. The summed E-state index contributed by atoms with van der Waals surface area (Å²) in [6.07, 6.45) is 3.11. The highest BCUT2D eigenvalue weighted by atomic mass is 16.2. The Hall–Kier alpha value is -2.31. The SMILES string of the molecule is CCn1nc(C)c(N)c1C(=O)Nc1cn[nH]c1. The first-order chi connectivity index (χ1) is 8.13. The molecule has 90 valence electrons. The average molecular weight is 234 g/mol. The highest BCUT2D eigenvalue weighted by Gasteiger charge is 2.19. The molecular formula is C10H14N6O. The number of aryl methyl sites for hydroxylation is 2. The van der Waals surface area contributed by atoms with E-state index >= 15 is 0 Å². The molecule has 2 aromatic heterocycles. The van der Waals surface area contributed by atoms with Gasteiger partial charge in [0.15, 0.2) is 0 Å². The molecule has 0 aliphatic carbocycles. The van der Waals surface area contributed by atoms with Crippen LogP contribution in [0.25, 0.3) is 0 Å². The molecule has 7 nitrogen and oxygen atoms in total. The third-order valence-corrected chi connectivity index (χ3v) is 2.44. The first-order valence-corrected chi connectivity index (χ1v) is 5.26. The Labute approximate surface area is 98.0 Å². The Morgan fingerprint density at radius 3 is 3.00 bits per heavy atom. The van der Waals surface area contributed by atoms with Crippen LogP contribution in [0.15, 0.2) is 12.4 Å². The number of carbonyl (C=O) groups excluding carboxylic acids is 1. The standard InChI is InChI=1S/C10H14N6O/c1-3-16-9(8(11)6(2)15-16)10(17)14-7-4-12-13-5-7/h4-5H,3,11H2,1-2H3,(H,12,13)(H,14,17). The van der Waals surface area contributed by atoms with E-state index in [2.05, 4.69) is 20.6 Å². The Kier molecular flexibility index (Phi) is 2.82. The number of nitrogens with zero attached hydrogens (tertiary/aromatic N) is 3. The van der Waals surface area contributed by atoms with Crippen molar-refractivity contribution in [3.8, 4) is 0 Å². The number of nitrogens with one attached hydrogen (secondary N) is 2. The number of hydrogen-bond acceptors (Lipinski definition) is 4. The summed E-state index contributed by atoms with van der Waals surface area (Å²) in [4.78, 5) is 12.0. The number of amides is 1. The van der Waals surface area contributed by atoms with Crippen molar-refractivity contribution in [2.24, 2.45) is 0 Å². The second-order valence-corrected chi connectivity index (χ2v) is 3.60. The summed E-state index contributed by atoms with van der Waals surface area (Å²) < 4.78 is 1.58. The minimum absolute atomic E-state index is 0.286. The molecule has 0 aliphatic rings. The van der Waals surface area contributed by atoms with Gasteiger partial charge in [0, 0.05) is 12.7 Å². The quantitative estimate of drug-likeness (QED) is 0.729. The van der Waals surface area contributed by atoms with Crippen LogP contribution in [-0.2, 0) is 6.54 Å². The lowest BCUT2D eigenvalue weighted by Gasteiger charge is -2.05. The van der Waals surface area contributed by atoms with Crippen LogP contribution in [0.3, 0.4) is 0 Å². The second-order valence-electron chi connectivity index (χ2n) is 3.60. The lowest BCUT2D eigenvalue weighted by atomic mass is 10.3. The van der Waals surface area contributed by atoms with Gasteiger partial charge in [-0.3, -0.25) is 14.6 Å². The first-order valence-electron chi connectivity index (χ1n) is 5.26. The fraction of sp³-hybridized carbons (Fsp3) is 0.300. The highest BCUT2D eigenvalue weighted by Crippen LogP contribution is 2.17. The van der Waals surface area contributed by atoms with Gasteiger partial charge in [-0.1, -0.05) is 0 Å². The van der Waals surface area contributed by atoms with Crippen LogP contribution >= 0.6 is 0 Å². The monoisotopic (exact) mass is 234 g/mol. The maximum atomic E-state index is 12.0. The lowest BCUT2D eigenvalue weighted by Crippen LogP contribution is -2.18. The summed E-state index contributed by atoms with van der Waals surface area (Å²) in [5.41, 5.74) is 7.88. The Balaban J connectivity index is 2.30. The van der Waals surface area contributed by atoms with E-state index in [0.29, 0.717) is 29.3 Å². The van der Waals surface area contributed by atoms with E-state index in [9.17, 15) is 4.79 Å². The van der Waals surface area contributed by atoms with Crippen molar-refractivity contribution in [2.75, 3.05) is 11.1 Å². The molecule has 4 N–H and O–H groups in total. The zero-order valence-electron chi connectivity index (χ0n) is 9.69. The van der Waals surface area contributed by atoms with Gasteiger partial charge in [0.2, 0.25) is 0 Å². The smallest absolute Gasteiger partial charge is 0.276 e. The van der Waals surface area contributed by atoms with Crippen LogP contribution in [0.2, 0.25) is 0 Å². The largest absolute Gasteiger partial charge is 0.395 e. The van der Waals surface area contributed by atoms with E-state index in [0.717, 1.165) is 0 Å². The van der Waals surface area contributed by atoms with Crippen molar-refractivity contribution >= 4 is 17.3 Å². The molecule has 0 saturated heterocycles. The van der Waals surface area contributed by atoms with Crippen molar-refractivity contribution in [2.45, 2.75) is 20.4 Å². The van der Waals surface area contributed by atoms with Gasteiger partial charge in [-0.05, 0) is 13.8 Å². The fourth-order valence-corrected chi connectivity index (χ4v) is 1.57. The molecular weight excluding hydrogens is 220 g/mol. The molecule has 17 heavy (non-hydrogen) atoms. The maximum Gasteiger partial charge on any atom is 0.276 e. The van der Waals surface area contributed by atoms with Gasteiger partial charge in [0.25, 0.3) is 5.91 Å². The lowest BCUT2D eigenvalue weighted by molar-refractivity contribution is 0.101. The number of aromatic nitrogens is 4. The normalized spacial score (nSPS) is 10.5. The van der Waals surface area contributed by atoms with Crippen LogP contribution in [0.5, 0.6) is 0 Å². The van der Waals surface area contributed by atoms with E-state index in [-0.39, 0.29) is 5.91 Å². The van der Waals surface area contributed by atoms with Gasteiger partial charge in [-0.25, -0.2) is 0 Å². The molecule has 0 unspecified atom stereocenters. The molecule has 2 heterocycles. The third kappa shape index (κ3) is 1.99. The maximum absolute atomic E-state index is 12.0. The molecule has 0 fully saturated rings. The van der Waals surface area contributed by atoms with E-state index in [1.165, 1.54) is 6.20 Å². The molecule has 0 radical (unpaired) electrons. The van der Waals surface area contributed by atoms with Crippen LogP contribution in [0.1, 0.15) is 23.1 Å². The molecule has 2 rings (SSSR count). The molecule has 2 aromatic rings. The summed E-state index contributed by atoms with van der Waals surface area (Å²) in [6.45, 7) is 4.27. The molecule has 0 spiro atoms. The van der Waals surface area contributed by atoms with Crippen molar-refractivity contribution in [1.29, 1.82) is 0 Å². The number of rotatable bonds is 3. The van der Waals surface area contributed by atoms with Gasteiger partial charge in [0.05, 0.1) is 23.3 Å². The van der Waals surface area contributed by atoms with E-state index in [1.807, 2.05) is 6.92 Å². The molecule has 7 heteroatoms. The van der Waals surface area contributed by atoms with Crippen LogP contribution in [0, 0.1) is 6.92 Å². The number of nitrogen functional groups attached to an aromatic ring is 1. The highest BCUT2D eigenvalue weighted by molar-refractivity contribution is 6.06. The Morgan fingerprint density at radius 2 is 2.41 bits per heavy atom. The molecule has 0 saturated carbocycles. The number of aromatic amines is 1. The van der Waals surface area contributed by atoms with Gasteiger partial charge >= 0.3 is 0 Å². The van der Waals surface area contributed by atoms with Crippen molar-refractivity contribution in [3.05, 3.63) is 23.8 Å². The zero-order valence-corrected chi connectivity index (χ0v) is 9.69. The Bertz CT molecular complexity index is 527. The van der Waals surface area contributed by atoms with Gasteiger partial charge in [-0.15, -0.1) is 0 Å². The van der Waals surface area contributed by atoms with Crippen LogP contribution in [0.4, 0.5) is 11.4 Å². The number of carbonyl (C=O) groups is 1. The number of nitrogens with two attached hydrogens (primary N) is 1.